The van der Waals surface area contributed by atoms with E-state index in [1.807, 2.05) is 0 Å². The molecule has 0 aromatic carbocycles. The first-order chi connectivity index (χ1) is 8.41. The second-order valence-electron chi connectivity index (χ2n) is 6.96. The lowest BCUT2D eigenvalue weighted by atomic mass is 9.78. The maximum atomic E-state index is 3.68. The first-order valence-corrected chi connectivity index (χ1v) is 8.15. The van der Waals surface area contributed by atoms with Crippen molar-refractivity contribution in [2.75, 3.05) is 6.54 Å². The molecule has 0 aromatic rings. The number of hydrogen-bond acceptors (Lipinski definition) is 1. The third-order valence-corrected chi connectivity index (χ3v) is 4.27. The summed E-state index contributed by atoms with van der Waals surface area (Å²) in [6.07, 6.45) is 9.67. The Kier molecular flexibility index (Phi) is 9.81. The van der Waals surface area contributed by atoms with E-state index >= 15 is 0 Å². The molecule has 1 nitrogen and oxygen atoms in total. The van der Waals surface area contributed by atoms with Crippen molar-refractivity contribution in [1.82, 2.24) is 5.32 Å². The molecular formula is C17H37N. The van der Waals surface area contributed by atoms with Crippen molar-refractivity contribution in [3.05, 3.63) is 0 Å². The summed E-state index contributed by atoms with van der Waals surface area (Å²) in [6.45, 7) is 15.1. The molecule has 0 aromatic heterocycles. The molecule has 2 atom stereocenters. The van der Waals surface area contributed by atoms with Gasteiger partial charge in [0.2, 0.25) is 0 Å². The highest BCUT2D eigenvalue weighted by Gasteiger charge is 2.22. The third-order valence-electron chi connectivity index (χ3n) is 4.27. The Morgan fingerprint density at radius 3 is 2.06 bits per heavy atom. The summed E-state index contributed by atoms with van der Waals surface area (Å²) >= 11 is 0. The Labute approximate surface area is 116 Å². The Bertz CT molecular complexity index is 181. The summed E-state index contributed by atoms with van der Waals surface area (Å²) in [7, 11) is 0. The molecule has 0 amide bonds. The molecule has 0 saturated heterocycles. The van der Waals surface area contributed by atoms with Gasteiger partial charge in [0, 0.05) is 6.04 Å². The zero-order chi connectivity index (χ0) is 14.0. The average molecular weight is 255 g/mol. The van der Waals surface area contributed by atoms with Crippen LogP contribution in [0.15, 0.2) is 0 Å². The third kappa shape index (κ3) is 8.97. The van der Waals surface area contributed by atoms with Crippen molar-refractivity contribution in [2.45, 2.75) is 92.5 Å². The van der Waals surface area contributed by atoms with Gasteiger partial charge in [-0.3, -0.25) is 0 Å². The van der Waals surface area contributed by atoms with Crippen LogP contribution in [0.1, 0.15) is 86.5 Å². The fourth-order valence-corrected chi connectivity index (χ4v) is 2.37. The van der Waals surface area contributed by atoms with Crippen LogP contribution in [0.3, 0.4) is 0 Å². The maximum absolute atomic E-state index is 3.68. The van der Waals surface area contributed by atoms with Crippen molar-refractivity contribution in [3.63, 3.8) is 0 Å². The molecule has 0 rings (SSSR count). The van der Waals surface area contributed by atoms with Gasteiger partial charge in [-0.1, -0.05) is 73.6 Å². The highest BCUT2D eigenvalue weighted by atomic mass is 14.9. The van der Waals surface area contributed by atoms with Crippen LogP contribution in [0.25, 0.3) is 0 Å². The minimum Gasteiger partial charge on any atom is -0.314 e. The summed E-state index contributed by atoms with van der Waals surface area (Å²) in [5.41, 5.74) is 0.440. The number of nitrogens with one attached hydrogen (secondary N) is 1. The van der Waals surface area contributed by atoms with Gasteiger partial charge in [-0.15, -0.1) is 0 Å². The van der Waals surface area contributed by atoms with E-state index in [-0.39, 0.29) is 0 Å². The van der Waals surface area contributed by atoms with Crippen LogP contribution in [0, 0.1) is 11.3 Å². The van der Waals surface area contributed by atoms with Crippen LogP contribution in [0.4, 0.5) is 0 Å². The lowest BCUT2D eigenvalue weighted by Crippen LogP contribution is -2.33. The van der Waals surface area contributed by atoms with Crippen molar-refractivity contribution in [3.8, 4) is 0 Å². The van der Waals surface area contributed by atoms with Crippen LogP contribution < -0.4 is 5.32 Å². The van der Waals surface area contributed by atoms with Gasteiger partial charge in [0.25, 0.3) is 0 Å². The van der Waals surface area contributed by atoms with Gasteiger partial charge in [-0.05, 0) is 30.7 Å². The van der Waals surface area contributed by atoms with Crippen LogP contribution in [-0.2, 0) is 0 Å². The van der Waals surface area contributed by atoms with Crippen molar-refractivity contribution < 1.29 is 0 Å². The van der Waals surface area contributed by atoms with E-state index in [4.69, 9.17) is 0 Å². The van der Waals surface area contributed by atoms with Gasteiger partial charge in [-0.25, -0.2) is 0 Å². The zero-order valence-corrected chi connectivity index (χ0v) is 13.8. The Balaban J connectivity index is 3.91. The van der Waals surface area contributed by atoms with Gasteiger partial charge < -0.3 is 5.32 Å². The summed E-state index contributed by atoms with van der Waals surface area (Å²) in [4.78, 5) is 0. The monoisotopic (exact) mass is 255 g/mol. The van der Waals surface area contributed by atoms with Crippen molar-refractivity contribution >= 4 is 0 Å². The molecule has 2 unspecified atom stereocenters. The van der Waals surface area contributed by atoms with Gasteiger partial charge in [0.05, 0.1) is 0 Å². The zero-order valence-electron chi connectivity index (χ0n) is 13.8. The number of hydrogen-bond donors (Lipinski definition) is 1. The second-order valence-corrected chi connectivity index (χ2v) is 6.96. The van der Waals surface area contributed by atoms with E-state index in [1.165, 1.54) is 44.9 Å². The van der Waals surface area contributed by atoms with E-state index in [1.54, 1.807) is 0 Å². The molecular weight excluding hydrogens is 218 g/mol. The lowest BCUT2D eigenvalue weighted by molar-refractivity contribution is 0.218. The number of rotatable bonds is 10. The SMILES string of the molecule is CCCCCCCC(CC(C)C(C)(C)C)NCC. The molecule has 1 N–H and O–H groups in total. The first-order valence-electron chi connectivity index (χ1n) is 8.15. The fraction of sp³-hybridized carbons (Fsp3) is 1.00. The molecule has 1 heteroatoms. The Morgan fingerprint density at radius 1 is 0.944 bits per heavy atom. The minimum absolute atomic E-state index is 0.440. The molecule has 0 fully saturated rings. The maximum Gasteiger partial charge on any atom is 0.00696 e. The summed E-state index contributed by atoms with van der Waals surface area (Å²) in [6, 6.07) is 0.728. The van der Waals surface area contributed by atoms with Crippen molar-refractivity contribution in [1.29, 1.82) is 0 Å². The standard InChI is InChI=1S/C17H37N/c1-7-9-10-11-12-13-16(18-8-2)14-15(3)17(4,5)6/h15-16,18H,7-14H2,1-6H3. The molecule has 18 heavy (non-hydrogen) atoms. The van der Waals surface area contributed by atoms with Crippen LogP contribution in [-0.4, -0.2) is 12.6 Å². The molecule has 0 spiro atoms. The normalized spacial score (nSPS) is 15.7. The molecule has 0 saturated carbocycles. The summed E-state index contributed by atoms with van der Waals surface area (Å²) < 4.78 is 0. The molecule has 0 aliphatic carbocycles. The van der Waals surface area contributed by atoms with Crippen LogP contribution >= 0.6 is 0 Å². The molecule has 110 valence electrons. The summed E-state index contributed by atoms with van der Waals surface area (Å²) in [5.74, 6) is 0.789. The van der Waals surface area contributed by atoms with E-state index in [2.05, 4.69) is 46.9 Å². The average Bonchev–Trinajstić information content (AvgIpc) is 2.27. The van der Waals surface area contributed by atoms with Gasteiger partial charge >= 0.3 is 0 Å². The van der Waals surface area contributed by atoms with Crippen molar-refractivity contribution in [2.24, 2.45) is 11.3 Å². The van der Waals surface area contributed by atoms with E-state index < -0.39 is 0 Å². The topological polar surface area (TPSA) is 12.0 Å². The van der Waals surface area contributed by atoms with Gasteiger partial charge in [-0.2, -0.15) is 0 Å². The molecule has 0 bridgehead atoms. The highest BCUT2D eigenvalue weighted by molar-refractivity contribution is 4.77. The minimum atomic E-state index is 0.440. The van der Waals surface area contributed by atoms with Crippen LogP contribution in [0.2, 0.25) is 0 Å². The molecule has 0 heterocycles. The predicted molar refractivity (Wildman–Crippen MR) is 84.1 cm³/mol. The molecule has 0 radical (unpaired) electrons. The Hall–Kier alpha value is -0.0400. The highest BCUT2D eigenvalue weighted by Crippen LogP contribution is 2.30. The van der Waals surface area contributed by atoms with Gasteiger partial charge in [0.15, 0.2) is 0 Å². The second kappa shape index (κ2) is 9.83. The van der Waals surface area contributed by atoms with E-state index in [9.17, 15) is 0 Å². The quantitative estimate of drug-likeness (QED) is 0.516. The molecule has 0 aliphatic rings. The van der Waals surface area contributed by atoms with E-state index in [0.717, 1.165) is 18.5 Å². The number of unbranched alkanes of at least 4 members (excludes halogenated alkanes) is 4. The lowest BCUT2D eigenvalue weighted by Gasteiger charge is -2.31. The van der Waals surface area contributed by atoms with Crippen LogP contribution in [0.5, 0.6) is 0 Å². The smallest absolute Gasteiger partial charge is 0.00696 e. The largest absolute Gasteiger partial charge is 0.314 e. The molecule has 0 aliphatic heterocycles. The van der Waals surface area contributed by atoms with Gasteiger partial charge in [0.1, 0.15) is 0 Å². The summed E-state index contributed by atoms with van der Waals surface area (Å²) in [5, 5.41) is 3.68. The predicted octanol–water partition coefficient (Wildman–Crippen LogP) is 5.40. The Morgan fingerprint density at radius 2 is 1.56 bits per heavy atom. The fourth-order valence-electron chi connectivity index (χ4n) is 2.37. The first kappa shape index (κ1) is 18.0. The van der Waals surface area contributed by atoms with E-state index in [0.29, 0.717) is 5.41 Å².